The second-order valence-electron chi connectivity index (χ2n) is 4.00. The molecule has 19 heavy (non-hydrogen) atoms. The van der Waals surface area contributed by atoms with Gasteiger partial charge in [0.15, 0.2) is 11.3 Å². The van der Waals surface area contributed by atoms with Gasteiger partial charge in [-0.1, -0.05) is 0 Å². The van der Waals surface area contributed by atoms with Crippen molar-refractivity contribution in [2.24, 2.45) is 0 Å². The number of nitrogens with one attached hydrogen (secondary N) is 1. The van der Waals surface area contributed by atoms with E-state index < -0.39 is 27.8 Å². The van der Waals surface area contributed by atoms with Crippen molar-refractivity contribution >= 4 is 33.1 Å². The first kappa shape index (κ1) is 11.9. The number of nitrogens with zero attached hydrogens (tertiary/aromatic N) is 5. The Morgan fingerprint density at radius 1 is 1.37 bits per heavy atom. The molecule has 1 amide bonds. The lowest BCUT2D eigenvalue weighted by molar-refractivity contribution is -0.117. The molecule has 1 N–H and O–H groups in total. The molecule has 1 unspecified atom stereocenters. The molecule has 1 saturated heterocycles. The highest BCUT2D eigenvalue weighted by molar-refractivity contribution is 7.87. The fourth-order valence-corrected chi connectivity index (χ4v) is 2.60. The summed E-state index contributed by atoms with van der Waals surface area (Å²) < 4.78 is 34.7. The number of fused-ring (bicyclic) bond motifs is 1. The van der Waals surface area contributed by atoms with E-state index in [4.69, 9.17) is 0 Å². The molecule has 2 aromatic heterocycles. The van der Waals surface area contributed by atoms with Crippen LogP contribution in [0.4, 0.5) is 9.70 Å². The van der Waals surface area contributed by atoms with Crippen LogP contribution in [0.5, 0.6) is 0 Å². The molecule has 0 radical (unpaired) electrons. The van der Waals surface area contributed by atoms with Crippen molar-refractivity contribution < 1.29 is 17.1 Å². The van der Waals surface area contributed by atoms with Crippen molar-refractivity contribution in [3.63, 3.8) is 0 Å². The maximum absolute atomic E-state index is 12.9. The lowest BCUT2D eigenvalue weighted by Gasteiger charge is -2.14. The van der Waals surface area contributed by atoms with E-state index in [-0.39, 0.29) is 23.5 Å². The van der Waals surface area contributed by atoms with Crippen LogP contribution >= 0.6 is 0 Å². The number of hydrogen-bond acceptors (Lipinski definition) is 7. The highest BCUT2D eigenvalue weighted by atomic mass is 32.3. The average Bonchev–Trinajstić information content (AvgIpc) is 2.93. The zero-order valence-corrected chi connectivity index (χ0v) is 10.1. The maximum Gasteiger partial charge on any atom is 0.307 e. The van der Waals surface area contributed by atoms with Gasteiger partial charge in [-0.2, -0.15) is 18.7 Å². The lowest BCUT2D eigenvalue weighted by atomic mass is 10.4. The van der Waals surface area contributed by atoms with E-state index in [0.717, 1.165) is 4.90 Å². The SMILES string of the molecule is O=C1CC(S(=O)(=O)F)CN1c1ncnc2n[nH]nc12. The Balaban J connectivity index is 2.04. The number of aromatic amines is 1. The monoisotopic (exact) mass is 286 g/mol. The summed E-state index contributed by atoms with van der Waals surface area (Å²) in [5, 5.41) is 8.46. The second kappa shape index (κ2) is 3.91. The van der Waals surface area contributed by atoms with Crippen LogP contribution in [0.15, 0.2) is 6.33 Å². The van der Waals surface area contributed by atoms with Gasteiger partial charge in [0, 0.05) is 13.0 Å². The zero-order chi connectivity index (χ0) is 13.6. The van der Waals surface area contributed by atoms with Gasteiger partial charge in [-0.3, -0.25) is 9.69 Å². The van der Waals surface area contributed by atoms with Crippen LogP contribution in [-0.2, 0) is 15.0 Å². The molecule has 11 heteroatoms. The van der Waals surface area contributed by atoms with Crippen molar-refractivity contribution in [1.29, 1.82) is 0 Å². The summed E-state index contributed by atoms with van der Waals surface area (Å²) in [7, 11) is -4.77. The molecule has 1 aliphatic rings. The summed E-state index contributed by atoms with van der Waals surface area (Å²) in [4.78, 5) is 20.6. The van der Waals surface area contributed by atoms with Crippen LogP contribution in [0.2, 0.25) is 0 Å². The van der Waals surface area contributed by atoms with Crippen LogP contribution in [-0.4, -0.2) is 51.5 Å². The summed E-state index contributed by atoms with van der Waals surface area (Å²) in [6, 6.07) is 0. The number of carbonyl (C=O) groups is 1. The number of carbonyl (C=O) groups excluding carboxylic acids is 1. The lowest BCUT2D eigenvalue weighted by Crippen LogP contribution is -2.28. The molecule has 0 saturated carbocycles. The standard InChI is InChI=1S/C8H7FN6O3S/c9-19(17,18)4-1-5(16)15(2-4)8-6-7(10-3-11-8)13-14-12-6/h3-4H,1-2H2,(H,10,11,12,13,14). The van der Waals surface area contributed by atoms with Gasteiger partial charge in [-0.25, -0.2) is 9.97 Å². The van der Waals surface area contributed by atoms with Crippen LogP contribution in [0.3, 0.4) is 0 Å². The Kier molecular flexibility index (Phi) is 2.45. The third kappa shape index (κ3) is 1.91. The Labute approximate surface area is 106 Å². The Morgan fingerprint density at radius 3 is 2.84 bits per heavy atom. The number of anilines is 1. The average molecular weight is 286 g/mol. The Hall–Kier alpha value is -2.17. The first-order valence-corrected chi connectivity index (χ1v) is 6.67. The highest BCUT2D eigenvalue weighted by Gasteiger charge is 2.40. The Bertz CT molecular complexity index is 759. The maximum atomic E-state index is 12.9. The van der Waals surface area contributed by atoms with Gasteiger partial charge in [-0.15, -0.1) is 8.98 Å². The number of aromatic nitrogens is 5. The van der Waals surface area contributed by atoms with Gasteiger partial charge >= 0.3 is 10.2 Å². The second-order valence-corrected chi connectivity index (χ2v) is 5.62. The minimum Gasteiger partial charge on any atom is -0.293 e. The topological polar surface area (TPSA) is 122 Å². The van der Waals surface area contributed by atoms with E-state index in [9.17, 15) is 17.1 Å². The minimum atomic E-state index is -4.77. The van der Waals surface area contributed by atoms with E-state index >= 15 is 0 Å². The van der Waals surface area contributed by atoms with Crippen LogP contribution in [0.25, 0.3) is 11.2 Å². The number of rotatable bonds is 2. The molecule has 100 valence electrons. The van der Waals surface area contributed by atoms with Crippen molar-refractivity contribution in [1.82, 2.24) is 25.4 Å². The molecule has 2 aromatic rings. The highest BCUT2D eigenvalue weighted by Crippen LogP contribution is 2.27. The molecule has 9 nitrogen and oxygen atoms in total. The van der Waals surface area contributed by atoms with Gasteiger partial charge in [0.05, 0.1) is 0 Å². The minimum absolute atomic E-state index is 0.120. The summed E-state index contributed by atoms with van der Waals surface area (Å²) >= 11 is 0. The number of hydrogen-bond donors (Lipinski definition) is 1. The summed E-state index contributed by atoms with van der Waals surface area (Å²) in [6.45, 7) is -0.295. The predicted molar refractivity (Wildman–Crippen MR) is 60.3 cm³/mol. The third-order valence-electron chi connectivity index (χ3n) is 2.84. The summed E-state index contributed by atoms with van der Waals surface area (Å²) in [5.74, 6) is -0.413. The van der Waals surface area contributed by atoms with Gasteiger partial charge in [0.1, 0.15) is 11.6 Å². The summed E-state index contributed by atoms with van der Waals surface area (Å²) in [5.41, 5.74) is 0.470. The third-order valence-corrected chi connectivity index (χ3v) is 3.96. The van der Waals surface area contributed by atoms with Crippen LogP contribution in [0.1, 0.15) is 6.42 Å². The van der Waals surface area contributed by atoms with Crippen molar-refractivity contribution in [2.75, 3.05) is 11.4 Å². The van der Waals surface area contributed by atoms with Crippen molar-refractivity contribution in [3.05, 3.63) is 6.33 Å². The molecule has 1 fully saturated rings. The van der Waals surface area contributed by atoms with Gasteiger partial charge in [-0.05, 0) is 0 Å². The summed E-state index contributed by atoms with van der Waals surface area (Å²) in [6.07, 6.45) is 0.757. The first-order chi connectivity index (χ1) is 8.97. The fourth-order valence-electron chi connectivity index (χ4n) is 1.93. The zero-order valence-electron chi connectivity index (χ0n) is 9.32. The molecule has 0 spiro atoms. The molecular formula is C8H7FN6O3S. The molecule has 1 aliphatic heterocycles. The van der Waals surface area contributed by atoms with Gasteiger partial charge < -0.3 is 0 Å². The fraction of sp³-hybridized carbons (Fsp3) is 0.375. The number of halogens is 1. The predicted octanol–water partition coefficient (Wildman–Crippen LogP) is -0.848. The van der Waals surface area contributed by atoms with Gasteiger partial charge in [0.25, 0.3) is 0 Å². The first-order valence-electron chi connectivity index (χ1n) is 5.22. The molecule has 0 aliphatic carbocycles. The smallest absolute Gasteiger partial charge is 0.293 e. The van der Waals surface area contributed by atoms with E-state index in [0.29, 0.717) is 0 Å². The van der Waals surface area contributed by atoms with Crippen molar-refractivity contribution in [2.45, 2.75) is 11.7 Å². The molecule has 0 bridgehead atoms. The van der Waals surface area contributed by atoms with Crippen molar-refractivity contribution in [3.8, 4) is 0 Å². The molecule has 3 heterocycles. The van der Waals surface area contributed by atoms with E-state index in [2.05, 4.69) is 25.4 Å². The molecular weight excluding hydrogens is 279 g/mol. The quantitative estimate of drug-likeness (QED) is 0.713. The van der Waals surface area contributed by atoms with Crippen LogP contribution < -0.4 is 4.90 Å². The number of amides is 1. The molecule has 1 atom stereocenters. The normalized spacial score (nSPS) is 20.4. The number of H-pyrrole nitrogens is 1. The van der Waals surface area contributed by atoms with Crippen LogP contribution in [0, 0.1) is 0 Å². The molecule has 0 aromatic carbocycles. The van der Waals surface area contributed by atoms with Gasteiger partial charge in [0.2, 0.25) is 11.6 Å². The molecule has 3 rings (SSSR count). The Morgan fingerprint density at radius 2 is 2.16 bits per heavy atom. The largest absolute Gasteiger partial charge is 0.307 e. The van der Waals surface area contributed by atoms with E-state index in [1.807, 2.05) is 0 Å². The van der Waals surface area contributed by atoms with E-state index in [1.54, 1.807) is 0 Å². The van der Waals surface area contributed by atoms with E-state index in [1.165, 1.54) is 6.33 Å².